The number of H-pyrrole nitrogens is 2. The van der Waals surface area contributed by atoms with Crippen LogP contribution in [-0.4, -0.2) is 92.1 Å². The van der Waals surface area contributed by atoms with Crippen LogP contribution in [0.5, 0.6) is 0 Å². The molecular weight excluding hydrogens is 749 g/mol. The number of likely N-dealkylation sites (tertiary alicyclic amines) is 2. The summed E-state index contributed by atoms with van der Waals surface area (Å²) in [4.78, 5) is 71.2. The molecule has 2 aromatic carbocycles. The number of alkyl carbamates (subject to hydrolysis) is 2. The highest BCUT2D eigenvalue weighted by molar-refractivity contribution is 5.93. The van der Waals surface area contributed by atoms with Crippen molar-refractivity contribution in [1.29, 1.82) is 0 Å². The quantitative estimate of drug-likeness (QED) is 0.0728. The fourth-order valence-electron chi connectivity index (χ4n) is 8.06. The number of nitrogens with one attached hydrogen (secondary N) is 4. The Kier molecular flexibility index (Phi) is 13.6. The summed E-state index contributed by atoms with van der Waals surface area (Å²) in [7, 11) is 0. The van der Waals surface area contributed by atoms with E-state index in [2.05, 4.69) is 69.1 Å². The van der Waals surface area contributed by atoms with Crippen molar-refractivity contribution in [2.75, 3.05) is 32.8 Å². The third-order valence-corrected chi connectivity index (χ3v) is 11.7. The Hall–Kier alpha value is -5.66. The Labute approximate surface area is 346 Å². The summed E-state index contributed by atoms with van der Waals surface area (Å²) in [5.74, 6) is 1.62. The number of aromatic nitrogens is 4. The summed E-state index contributed by atoms with van der Waals surface area (Å²) in [6, 6.07) is 16.5. The van der Waals surface area contributed by atoms with Gasteiger partial charge in [-0.05, 0) is 86.5 Å². The van der Waals surface area contributed by atoms with Gasteiger partial charge in [-0.2, -0.15) is 0 Å². The van der Waals surface area contributed by atoms with Crippen molar-refractivity contribution in [3.05, 3.63) is 72.6 Å². The number of unbranched alkanes of at least 4 members (excludes halogenated alkanes) is 3. The first kappa shape index (κ1) is 41.5. The molecule has 0 radical (unpaired) electrons. The van der Waals surface area contributed by atoms with Crippen LogP contribution >= 0.6 is 0 Å². The van der Waals surface area contributed by atoms with E-state index in [0.717, 1.165) is 103 Å². The van der Waals surface area contributed by atoms with Gasteiger partial charge in [0, 0.05) is 26.1 Å². The molecule has 0 spiro atoms. The van der Waals surface area contributed by atoms with Crippen LogP contribution in [0.1, 0.15) is 121 Å². The van der Waals surface area contributed by atoms with Gasteiger partial charge in [0.2, 0.25) is 11.8 Å². The molecule has 14 heteroatoms. The number of hydrogen-bond acceptors (Lipinski definition) is 8. The zero-order chi connectivity index (χ0) is 41.2. The fraction of sp³-hybridized carbons (Fsp3) is 0.511. The second-order valence-corrected chi connectivity index (χ2v) is 16.0. The van der Waals surface area contributed by atoms with Crippen molar-refractivity contribution >= 4 is 24.0 Å². The topological polar surface area (TPSA) is 175 Å². The normalized spacial score (nSPS) is 18.1. The lowest BCUT2D eigenvalue weighted by Gasteiger charge is -2.28. The molecule has 2 aliphatic heterocycles. The number of nitrogens with zero attached hydrogens (tertiary/aromatic N) is 4. The Morgan fingerprint density at radius 2 is 1.20 bits per heavy atom. The van der Waals surface area contributed by atoms with Crippen molar-refractivity contribution < 1.29 is 28.7 Å². The number of amides is 4. The lowest BCUT2D eigenvalue weighted by Crippen LogP contribution is -2.50. The molecule has 4 heterocycles. The predicted molar refractivity (Wildman–Crippen MR) is 224 cm³/mol. The first-order chi connectivity index (χ1) is 28.8. The number of aromatic amines is 2. The van der Waals surface area contributed by atoms with E-state index in [-0.39, 0.29) is 23.9 Å². The van der Waals surface area contributed by atoms with Gasteiger partial charge >= 0.3 is 12.2 Å². The minimum atomic E-state index is -0.871. The molecule has 3 fully saturated rings. The van der Waals surface area contributed by atoms with Gasteiger partial charge in [-0.25, -0.2) is 19.6 Å². The highest BCUT2D eigenvalue weighted by Crippen LogP contribution is 2.42. The van der Waals surface area contributed by atoms with Crippen LogP contribution in [0.4, 0.5) is 9.59 Å². The summed E-state index contributed by atoms with van der Waals surface area (Å²) in [5, 5.41) is 5.62. The molecule has 1 aliphatic carbocycles. The van der Waals surface area contributed by atoms with Gasteiger partial charge < -0.3 is 39.9 Å². The van der Waals surface area contributed by atoms with E-state index in [1.54, 1.807) is 0 Å². The van der Waals surface area contributed by atoms with Crippen LogP contribution in [0.3, 0.4) is 0 Å². The third-order valence-electron chi connectivity index (χ3n) is 11.7. The lowest BCUT2D eigenvalue weighted by atomic mass is 10.0. The Morgan fingerprint density at radius 1 is 0.695 bits per heavy atom. The van der Waals surface area contributed by atoms with E-state index in [1.807, 2.05) is 36.0 Å². The number of carbonyl (C=O) groups is 4. The second kappa shape index (κ2) is 19.4. The monoisotopic (exact) mass is 806 g/mol. The van der Waals surface area contributed by atoms with Crippen LogP contribution in [0.25, 0.3) is 33.6 Å². The third kappa shape index (κ3) is 10.1. The van der Waals surface area contributed by atoms with Crippen LogP contribution < -0.4 is 10.6 Å². The molecule has 314 valence electrons. The number of hydrogen-bond donors (Lipinski definition) is 4. The SMILES string of the molecule is CCCCOC(=O)NCCCCC(=O)N1CCC[C@H]1c1ncc(-c2ccc(-c3ccc(-c4cnc(C5CCCN5C(=O)C5(NC(=O)OCCCC)CC5)[nH]4)cc3)cc2)[nH]1. The molecule has 1 saturated carbocycles. The van der Waals surface area contributed by atoms with Gasteiger partial charge in [0.1, 0.15) is 17.2 Å². The molecule has 4 amide bonds. The van der Waals surface area contributed by atoms with Crippen molar-refractivity contribution in [3.8, 4) is 33.6 Å². The highest BCUT2D eigenvalue weighted by atomic mass is 16.6. The van der Waals surface area contributed by atoms with Gasteiger partial charge in [-0.15, -0.1) is 0 Å². The predicted octanol–water partition coefficient (Wildman–Crippen LogP) is 8.22. The Bertz CT molecular complexity index is 2040. The van der Waals surface area contributed by atoms with Crippen LogP contribution in [0, 0.1) is 0 Å². The van der Waals surface area contributed by atoms with Crippen LogP contribution in [-0.2, 0) is 19.1 Å². The molecular formula is C45H58N8O6. The van der Waals surface area contributed by atoms with Gasteiger partial charge in [0.15, 0.2) is 0 Å². The van der Waals surface area contributed by atoms with Gasteiger partial charge in [0.25, 0.3) is 0 Å². The molecule has 4 N–H and O–H groups in total. The van der Waals surface area contributed by atoms with E-state index < -0.39 is 17.7 Å². The van der Waals surface area contributed by atoms with Gasteiger partial charge in [-0.3, -0.25) is 9.59 Å². The largest absolute Gasteiger partial charge is 0.450 e. The van der Waals surface area contributed by atoms with Crippen molar-refractivity contribution in [3.63, 3.8) is 0 Å². The summed E-state index contributed by atoms with van der Waals surface area (Å²) < 4.78 is 10.4. The van der Waals surface area contributed by atoms with Crippen molar-refractivity contribution in [1.82, 2.24) is 40.4 Å². The first-order valence-corrected chi connectivity index (χ1v) is 21.6. The van der Waals surface area contributed by atoms with E-state index in [0.29, 0.717) is 58.4 Å². The van der Waals surface area contributed by atoms with E-state index in [4.69, 9.17) is 19.4 Å². The number of carbonyl (C=O) groups excluding carboxylic acids is 4. The van der Waals surface area contributed by atoms with E-state index >= 15 is 0 Å². The summed E-state index contributed by atoms with van der Waals surface area (Å²) in [5.41, 5.74) is 5.09. The maximum atomic E-state index is 13.7. The molecule has 59 heavy (non-hydrogen) atoms. The summed E-state index contributed by atoms with van der Waals surface area (Å²) >= 11 is 0. The molecule has 2 saturated heterocycles. The average Bonchev–Trinajstić information content (AvgIpc) is 3.83. The zero-order valence-corrected chi connectivity index (χ0v) is 34.4. The molecule has 2 aromatic heterocycles. The molecule has 7 rings (SSSR count). The molecule has 1 unspecified atom stereocenters. The Morgan fingerprint density at radius 3 is 1.75 bits per heavy atom. The summed E-state index contributed by atoms with van der Waals surface area (Å²) in [6.45, 7) is 6.70. The maximum Gasteiger partial charge on any atom is 0.407 e. The molecule has 0 bridgehead atoms. The van der Waals surface area contributed by atoms with Gasteiger partial charge in [0.05, 0.1) is 49.1 Å². The maximum absolute atomic E-state index is 13.7. The van der Waals surface area contributed by atoms with Crippen LogP contribution in [0.15, 0.2) is 60.9 Å². The number of benzene rings is 2. The number of imidazole rings is 2. The molecule has 2 atom stereocenters. The average molecular weight is 807 g/mol. The molecule has 3 aliphatic rings. The molecule has 14 nitrogen and oxygen atoms in total. The van der Waals surface area contributed by atoms with E-state index in [9.17, 15) is 19.2 Å². The first-order valence-electron chi connectivity index (χ1n) is 21.6. The van der Waals surface area contributed by atoms with Crippen molar-refractivity contribution in [2.45, 2.75) is 115 Å². The minimum Gasteiger partial charge on any atom is -0.450 e. The standard InChI is InChI=1S/C45H58N8O6/c1-3-5-27-58-43(56)46-24-8-7-13-39(54)52-25-9-11-37(52)40-47-29-35(49-40)33-18-14-31(15-19-33)32-16-20-34(21-17-32)36-30-48-41(50-36)38-12-10-26-53(38)42(55)45(22-23-45)51-44(57)59-28-6-4-2/h14-21,29-30,37-38H,3-13,22-28H2,1-2H3,(H,46,56)(H,47,49)(H,48,50)(H,51,57)/t37-,38?/m0/s1. The number of ether oxygens (including phenoxy) is 2. The van der Waals surface area contributed by atoms with E-state index in [1.165, 1.54) is 0 Å². The summed E-state index contributed by atoms with van der Waals surface area (Å²) in [6.07, 6.45) is 12.9. The van der Waals surface area contributed by atoms with Gasteiger partial charge in [-0.1, -0.05) is 75.2 Å². The highest BCUT2D eigenvalue weighted by Gasteiger charge is 2.55. The second-order valence-electron chi connectivity index (χ2n) is 16.0. The van der Waals surface area contributed by atoms with Crippen molar-refractivity contribution in [2.24, 2.45) is 0 Å². The lowest BCUT2D eigenvalue weighted by molar-refractivity contribution is -0.135. The van der Waals surface area contributed by atoms with Crippen LogP contribution in [0.2, 0.25) is 0 Å². The molecule has 4 aromatic rings. The fourth-order valence-corrected chi connectivity index (χ4v) is 8.06. The Balaban J connectivity index is 0.907. The minimum absolute atomic E-state index is 0.0577. The zero-order valence-electron chi connectivity index (χ0n) is 34.4. The number of rotatable bonds is 18. The smallest absolute Gasteiger partial charge is 0.407 e.